The molecule has 1 nitrogen and oxygen atoms in total. The SMILES string of the molecule is C=CCS/C(=C\C(C)O)SC. The first-order chi connectivity index (χ1) is 5.20. The second-order valence-electron chi connectivity index (χ2n) is 2.03. The Hall–Kier alpha value is 0.140. The summed E-state index contributed by atoms with van der Waals surface area (Å²) < 4.78 is 1.15. The smallest absolute Gasteiger partial charge is 0.0711 e. The van der Waals surface area contributed by atoms with Crippen LogP contribution in [0, 0.1) is 0 Å². The molecule has 0 rings (SSSR count). The number of hydrogen-bond donors (Lipinski definition) is 1. The molecule has 0 heterocycles. The predicted molar refractivity (Wildman–Crippen MR) is 55.9 cm³/mol. The number of hydrogen-bond acceptors (Lipinski definition) is 3. The molecule has 0 fully saturated rings. The summed E-state index contributed by atoms with van der Waals surface area (Å²) in [6.07, 6.45) is 5.36. The lowest BCUT2D eigenvalue weighted by Crippen LogP contribution is -1.93. The van der Waals surface area contributed by atoms with E-state index >= 15 is 0 Å². The summed E-state index contributed by atoms with van der Waals surface area (Å²) in [4.78, 5) is 0. The van der Waals surface area contributed by atoms with E-state index in [1.807, 2.05) is 18.4 Å². The van der Waals surface area contributed by atoms with E-state index in [1.54, 1.807) is 30.4 Å². The molecule has 0 aromatic heterocycles. The molecule has 64 valence electrons. The molecule has 0 aromatic rings. The molecule has 1 unspecified atom stereocenters. The van der Waals surface area contributed by atoms with Crippen molar-refractivity contribution in [2.24, 2.45) is 0 Å². The van der Waals surface area contributed by atoms with Crippen LogP contribution in [0.1, 0.15) is 6.92 Å². The highest BCUT2D eigenvalue weighted by Gasteiger charge is 1.96. The number of aliphatic hydroxyl groups excluding tert-OH is 1. The van der Waals surface area contributed by atoms with Gasteiger partial charge in [-0.3, -0.25) is 0 Å². The van der Waals surface area contributed by atoms with Crippen LogP contribution in [0.5, 0.6) is 0 Å². The molecule has 0 saturated carbocycles. The average molecular weight is 190 g/mol. The molecule has 3 heteroatoms. The normalized spacial score (nSPS) is 14.6. The van der Waals surface area contributed by atoms with Gasteiger partial charge >= 0.3 is 0 Å². The molecule has 1 atom stereocenters. The van der Waals surface area contributed by atoms with E-state index in [0.29, 0.717) is 0 Å². The summed E-state index contributed by atoms with van der Waals surface area (Å²) in [6, 6.07) is 0. The Morgan fingerprint density at radius 1 is 1.73 bits per heavy atom. The Morgan fingerprint density at radius 2 is 2.36 bits per heavy atom. The molecule has 0 saturated heterocycles. The van der Waals surface area contributed by atoms with Gasteiger partial charge in [0.15, 0.2) is 0 Å². The maximum absolute atomic E-state index is 9.02. The molecular weight excluding hydrogens is 176 g/mol. The largest absolute Gasteiger partial charge is 0.389 e. The van der Waals surface area contributed by atoms with Gasteiger partial charge in [0.2, 0.25) is 0 Å². The Kier molecular flexibility index (Phi) is 6.91. The third-order valence-corrected chi connectivity index (χ3v) is 3.14. The second-order valence-corrected chi connectivity index (χ2v) is 4.20. The molecule has 0 aliphatic heterocycles. The van der Waals surface area contributed by atoms with Crippen LogP contribution in [0.15, 0.2) is 23.0 Å². The minimum Gasteiger partial charge on any atom is -0.389 e. The summed E-state index contributed by atoms with van der Waals surface area (Å²) in [5.41, 5.74) is 0. The maximum atomic E-state index is 9.02. The highest BCUT2D eigenvalue weighted by atomic mass is 32.2. The van der Waals surface area contributed by atoms with Crippen molar-refractivity contribution >= 4 is 23.5 Å². The highest BCUT2D eigenvalue weighted by molar-refractivity contribution is 8.22. The number of rotatable bonds is 5. The number of aliphatic hydroxyl groups is 1. The fourth-order valence-electron chi connectivity index (χ4n) is 0.513. The van der Waals surface area contributed by atoms with Crippen molar-refractivity contribution in [2.75, 3.05) is 12.0 Å². The van der Waals surface area contributed by atoms with E-state index in [4.69, 9.17) is 5.11 Å². The van der Waals surface area contributed by atoms with Crippen LogP contribution in [-0.4, -0.2) is 23.2 Å². The van der Waals surface area contributed by atoms with Crippen LogP contribution >= 0.6 is 23.5 Å². The Labute approximate surface area is 77.0 Å². The summed E-state index contributed by atoms with van der Waals surface area (Å²) in [6.45, 7) is 5.38. The van der Waals surface area contributed by atoms with Gasteiger partial charge in [-0.2, -0.15) is 0 Å². The van der Waals surface area contributed by atoms with Gasteiger partial charge in [-0.1, -0.05) is 6.08 Å². The lowest BCUT2D eigenvalue weighted by atomic mass is 10.4. The summed E-state index contributed by atoms with van der Waals surface area (Å²) >= 11 is 3.35. The fraction of sp³-hybridized carbons (Fsp3) is 0.500. The lowest BCUT2D eigenvalue weighted by Gasteiger charge is -2.02. The van der Waals surface area contributed by atoms with Gasteiger partial charge in [0.25, 0.3) is 0 Å². The van der Waals surface area contributed by atoms with E-state index in [1.165, 1.54) is 0 Å². The van der Waals surface area contributed by atoms with E-state index in [-0.39, 0.29) is 6.10 Å². The average Bonchev–Trinajstić information content (AvgIpc) is 1.97. The Morgan fingerprint density at radius 3 is 2.73 bits per heavy atom. The van der Waals surface area contributed by atoms with Gasteiger partial charge in [0.1, 0.15) is 0 Å². The van der Waals surface area contributed by atoms with Crippen molar-refractivity contribution in [3.63, 3.8) is 0 Å². The van der Waals surface area contributed by atoms with Crippen molar-refractivity contribution in [1.82, 2.24) is 0 Å². The van der Waals surface area contributed by atoms with Crippen LogP contribution in [0.4, 0.5) is 0 Å². The molecule has 0 bridgehead atoms. The molecule has 11 heavy (non-hydrogen) atoms. The van der Waals surface area contributed by atoms with Gasteiger partial charge in [0, 0.05) is 9.99 Å². The molecule has 0 radical (unpaired) electrons. The first-order valence-electron chi connectivity index (χ1n) is 3.38. The van der Waals surface area contributed by atoms with E-state index in [9.17, 15) is 0 Å². The molecular formula is C8H14OS2. The zero-order valence-corrected chi connectivity index (χ0v) is 8.54. The number of thioether (sulfide) groups is 2. The third kappa shape index (κ3) is 6.53. The summed E-state index contributed by atoms with van der Waals surface area (Å²) in [7, 11) is 0. The topological polar surface area (TPSA) is 20.2 Å². The van der Waals surface area contributed by atoms with Crippen molar-refractivity contribution in [2.45, 2.75) is 13.0 Å². The van der Waals surface area contributed by atoms with Crippen molar-refractivity contribution in [3.05, 3.63) is 23.0 Å². The van der Waals surface area contributed by atoms with Crippen molar-refractivity contribution in [3.8, 4) is 0 Å². The van der Waals surface area contributed by atoms with E-state index in [0.717, 1.165) is 9.99 Å². The van der Waals surface area contributed by atoms with E-state index in [2.05, 4.69) is 6.58 Å². The highest BCUT2D eigenvalue weighted by Crippen LogP contribution is 2.26. The molecule has 0 aliphatic carbocycles. The van der Waals surface area contributed by atoms with Crippen LogP contribution in [0.2, 0.25) is 0 Å². The minimum atomic E-state index is -0.352. The van der Waals surface area contributed by atoms with Gasteiger partial charge in [0.05, 0.1) is 6.10 Å². The molecule has 0 aliphatic rings. The lowest BCUT2D eigenvalue weighted by molar-refractivity contribution is 0.244. The third-order valence-electron chi connectivity index (χ3n) is 0.922. The van der Waals surface area contributed by atoms with Gasteiger partial charge in [-0.25, -0.2) is 0 Å². The quantitative estimate of drug-likeness (QED) is 0.673. The maximum Gasteiger partial charge on any atom is 0.0711 e. The molecule has 0 amide bonds. The molecule has 0 aromatic carbocycles. The minimum absolute atomic E-state index is 0.352. The Bertz CT molecular complexity index is 141. The first kappa shape index (κ1) is 11.1. The molecule has 0 spiro atoms. The van der Waals surface area contributed by atoms with Crippen LogP contribution in [-0.2, 0) is 0 Å². The van der Waals surface area contributed by atoms with Crippen LogP contribution in [0.25, 0.3) is 0 Å². The second kappa shape index (κ2) is 6.83. The zero-order valence-electron chi connectivity index (χ0n) is 6.91. The zero-order chi connectivity index (χ0) is 8.69. The Balaban J connectivity index is 3.83. The monoisotopic (exact) mass is 190 g/mol. The molecule has 1 N–H and O–H groups in total. The van der Waals surface area contributed by atoms with E-state index < -0.39 is 0 Å². The van der Waals surface area contributed by atoms with Crippen LogP contribution in [0.3, 0.4) is 0 Å². The standard InChI is InChI=1S/C8H14OS2/c1-4-5-11-8(10-3)6-7(2)9/h4,6-7,9H,1,5H2,2-3H3/b8-6-. The summed E-state index contributed by atoms with van der Waals surface area (Å²) in [5, 5.41) is 9.02. The predicted octanol–water partition coefficient (Wildman–Crippen LogP) is 2.49. The first-order valence-corrected chi connectivity index (χ1v) is 5.59. The van der Waals surface area contributed by atoms with Crippen molar-refractivity contribution in [1.29, 1.82) is 0 Å². The van der Waals surface area contributed by atoms with Gasteiger partial charge in [-0.05, 0) is 19.3 Å². The van der Waals surface area contributed by atoms with Gasteiger partial charge < -0.3 is 5.11 Å². The fourth-order valence-corrected chi connectivity index (χ4v) is 2.10. The van der Waals surface area contributed by atoms with Gasteiger partial charge in [-0.15, -0.1) is 30.1 Å². The van der Waals surface area contributed by atoms with Crippen LogP contribution < -0.4 is 0 Å². The summed E-state index contributed by atoms with van der Waals surface area (Å²) in [5.74, 6) is 0.902. The van der Waals surface area contributed by atoms with Crippen molar-refractivity contribution < 1.29 is 5.11 Å².